The number of aromatic amines is 1. The zero-order chi connectivity index (χ0) is 14.7. The molecule has 20 heavy (non-hydrogen) atoms. The number of ether oxygens (including phenoxy) is 1. The van der Waals surface area contributed by atoms with Gasteiger partial charge < -0.3 is 14.6 Å². The van der Waals surface area contributed by atoms with Gasteiger partial charge in [-0.2, -0.15) is 0 Å². The van der Waals surface area contributed by atoms with Crippen molar-refractivity contribution in [2.24, 2.45) is 0 Å². The molecule has 1 aromatic heterocycles. The van der Waals surface area contributed by atoms with E-state index < -0.39 is 23.5 Å². The van der Waals surface area contributed by atoms with Crippen molar-refractivity contribution in [2.75, 3.05) is 13.7 Å². The number of hydrogen-bond acceptors (Lipinski definition) is 4. The van der Waals surface area contributed by atoms with Crippen molar-refractivity contribution < 1.29 is 14.3 Å². The number of rotatable bonds is 2. The number of amides is 1. The fourth-order valence-corrected chi connectivity index (χ4v) is 2.45. The van der Waals surface area contributed by atoms with E-state index in [0.29, 0.717) is 18.7 Å². The first-order valence-electron chi connectivity index (χ1n) is 6.63. The largest absolute Gasteiger partial charge is 0.467 e. The van der Waals surface area contributed by atoms with E-state index in [1.807, 2.05) is 0 Å². The molecule has 1 aromatic rings. The van der Waals surface area contributed by atoms with Gasteiger partial charge >= 0.3 is 5.97 Å². The molecular weight excluding hydrogens is 260 g/mol. The molecule has 0 spiro atoms. The number of nitrogens with zero attached hydrogens (tertiary/aromatic N) is 1. The van der Waals surface area contributed by atoms with E-state index in [0.717, 1.165) is 12.8 Å². The number of carbonyl (C=O) groups excluding carboxylic acids is 2. The van der Waals surface area contributed by atoms with E-state index >= 15 is 0 Å². The number of aryl methyl sites for hydroxylation is 1. The third-order valence-electron chi connectivity index (χ3n) is 3.52. The number of hydrogen-bond donors (Lipinski definition) is 1. The molecule has 1 saturated heterocycles. The van der Waals surface area contributed by atoms with Gasteiger partial charge in [-0.3, -0.25) is 9.59 Å². The third kappa shape index (κ3) is 2.74. The fraction of sp³-hybridized carbons (Fsp3) is 0.500. The Balaban J connectivity index is 2.30. The highest BCUT2D eigenvalue weighted by atomic mass is 16.5. The minimum absolute atomic E-state index is 0.0615. The van der Waals surface area contributed by atoms with Gasteiger partial charge in [-0.25, -0.2) is 4.79 Å². The SMILES string of the molecule is COC(=O)C1CCCCN1C(=O)c1ccc(C)[nH]c1=O. The summed E-state index contributed by atoms with van der Waals surface area (Å²) in [6.07, 6.45) is 2.26. The van der Waals surface area contributed by atoms with Crippen LogP contribution in [0.1, 0.15) is 35.3 Å². The lowest BCUT2D eigenvalue weighted by Crippen LogP contribution is -2.49. The van der Waals surface area contributed by atoms with Crippen molar-refractivity contribution in [1.29, 1.82) is 0 Å². The number of H-pyrrole nitrogens is 1. The van der Waals surface area contributed by atoms with Crippen molar-refractivity contribution in [3.05, 3.63) is 33.7 Å². The molecule has 1 atom stereocenters. The first-order valence-corrected chi connectivity index (χ1v) is 6.63. The molecule has 0 bridgehead atoms. The van der Waals surface area contributed by atoms with Gasteiger partial charge in [0.05, 0.1) is 7.11 Å². The molecule has 1 fully saturated rings. The minimum Gasteiger partial charge on any atom is -0.467 e. The van der Waals surface area contributed by atoms with Crippen LogP contribution in [-0.4, -0.2) is 41.5 Å². The van der Waals surface area contributed by atoms with Crippen LogP contribution in [0, 0.1) is 6.92 Å². The van der Waals surface area contributed by atoms with Crippen LogP contribution < -0.4 is 5.56 Å². The smallest absolute Gasteiger partial charge is 0.328 e. The number of esters is 1. The molecule has 1 unspecified atom stereocenters. The number of piperidine rings is 1. The molecule has 0 saturated carbocycles. The predicted octanol–water partition coefficient (Wildman–Crippen LogP) is 0.851. The van der Waals surface area contributed by atoms with Crippen LogP contribution in [0.5, 0.6) is 0 Å². The van der Waals surface area contributed by atoms with Crippen molar-refractivity contribution in [1.82, 2.24) is 9.88 Å². The zero-order valence-corrected chi connectivity index (χ0v) is 11.6. The summed E-state index contributed by atoms with van der Waals surface area (Å²) in [7, 11) is 1.30. The van der Waals surface area contributed by atoms with Crippen molar-refractivity contribution in [3.8, 4) is 0 Å². The normalized spacial score (nSPS) is 18.7. The summed E-state index contributed by atoms with van der Waals surface area (Å²) in [5.74, 6) is -0.844. The number of methoxy groups -OCH3 is 1. The van der Waals surface area contributed by atoms with Gasteiger partial charge in [-0.1, -0.05) is 0 Å². The molecule has 0 aromatic carbocycles. The molecule has 2 rings (SSSR count). The number of pyridine rings is 1. The quantitative estimate of drug-likeness (QED) is 0.813. The molecule has 6 nitrogen and oxygen atoms in total. The number of nitrogens with one attached hydrogen (secondary N) is 1. The summed E-state index contributed by atoms with van der Waals surface area (Å²) in [5.41, 5.74) is 0.324. The minimum atomic E-state index is -0.595. The van der Waals surface area contributed by atoms with Gasteiger partial charge in [-0.05, 0) is 38.3 Å². The highest BCUT2D eigenvalue weighted by molar-refractivity contribution is 5.96. The van der Waals surface area contributed by atoms with Crippen molar-refractivity contribution >= 4 is 11.9 Å². The Morgan fingerprint density at radius 3 is 2.75 bits per heavy atom. The third-order valence-corrected chi connectivity index (χ3v) is 3.52. The Bertz CT molecular complexity index is 579. The Morgan fingerprint density at radius 2 is 2.10 bits per heavy atom. The summed E-state index contributed by atoms with van der Waals surface area (Å²) < 4.78 is 4.74. The summed E-state index contributed by atoms with van der Waals surface area (Å²) in [4.78, 5) is 40.1. The monoisotopic (exact) mass is 278 g/mol. The average molecular weight is 278 g/mol. The van der Waals surface area contributed by atoms with Crippen molar-refractivity contribution in [2.45, 2.75) is 32.2 Å². The van der Waals surface area contributed by atoms with E-state index in [9.17, 15) is 14.4 Å². The summed E-state index contributed by atoms with van der Waals surface area (Å²) in [6, 6.07) is 2.58. The van der Waals surface area contributed by atoms with E-state index in [4.69, 9.17) is 4.74 Å². The van der Waals surface area contributed by atoms with E-state index in [1.54, 1.807) is 13.0 Å². The second-order valence-electron chi connectivity index (χ2n) is 4.92. The lowest BCUT2D eigenvalue weighted by molar-refractivity contribution is -0.147. The van der Waals surface area contributed by atoms with Gasteiger partial charge in [0.25, 0.3) is 11.5 Å². The molecule has 0 aliphatic carbocycles. The van der Waals surface area contributed by atoms with Crippen LogP contribution in [0.25, 0.3) is 0 Å². The van der Waals surface area contributed by atoms with Crippen LogP contribution >= 0.6 is 0 Å². The standard InChI is InChI=1S/C14H18N2O4/c1-9-6-7-10(12(17)15-9)13(18)16-8-4-3-5-11(16)14(19)20-2/h6-7,11H,3-5,8H2,1-2H3,(H,15,17). The van der Waals surface area contributed by atoms with Crippen LogP contribution in [0.15, 0.2) is 16.9 Å². The zero-order valence-electron chi connectivity index (χ0n) is 11.6. The summed E-state index contributed by atoms with van der Waals surface area (Å²) in [6.45, 7) is 2.21. The van der Waals surface area contributed by atoms with Gasteiger partial charge in [0, 0.05) is 12.2 Å². The highest BCUT2D eigenvalue weighted by Gasteiger charge is 2.34. The van der Waals surface area contributed by atoms with E-state index in [2.05, 4.69) is 4.98 Å². The predicted molar refractivity (Wildman–Crippen MR) is 72.5 cm³/mol. The topological polar surface area (TPSA) is 79.5 Å². The molecule has 1 amide bonds. The molecule has 1 N–H and O–H groups in total. The van der Waals surface area contributed by atoms with Gasteiger partial charge in [-0.15, -0.1) is 0 Å². The highest BCUT2D eigenvalue weighted by Crippen LogP contribution is 2.19. The number of aromatic nitrogens is 1. The average Bonchev–Trinajstić information content (AvgIpc) is 2.46. The van der Waals surface area contributed by atoms with Gasteiger partial charge in [0.15, 0.2) is 0 Å². The molecule has 0 radical (unpaired) electrons. The molecule has 108 valence electrons. The molecule has 1 aliphatic rings. The number of carbonyl (C=O) groups is 2. The maximum Gasteiger partial charge on any atom is 0.328 e. The van der Waals surface area contributed by atoms with E-state index in [-0.39, 0.29) is 5.56 Å². The Hall–Kier alpha value is -2.11. The second kappa shape index (κ2) is 5.90. The van der Waals surface area contributed by atoms with Crippen LogP contribution in [-0.2, 0) is 9.53 Å². The lowest BCUT2D eigenvalue weighted by atomic mass is 10.0. The fourth-order valence-electron chi connectivity index (χ4n) is 2.45. The van der Waals surface area contributed by atoms with E-state index in [1.165, 1.54) is 18.1 Å². The Labute approximate surface area is 116 Å². The van der Waals surface area contributed by atoms with Crippen LogP contribution in [0.2, 0.25) is 0 Å². The van der Waals surface area contributed by atoms with Gasteiger partial charge in [0.2, 0.25) is 0 Å². The number of likely N-dealkylation sites (tertiary alicyclic amines) is 1. The molecule has 1 aliphatic heterocycles. The molecular formula is C14H18N2O4. The Kier molecular flexibility index (Phi) is 4.22. The second-order valence-corrected chi connectivity index (χ2v) is 4.92. The maximum absolute atomic E-state index is 12.5. The van der Waals surface area contributed by atoms with Crippen LogP contribution in [0.3, 0.4) is 0 Å². The summed E-state index contributed by atoms with van der Waals surface area (Å²) >= 11 is 0. The molecule has 2 heterocycles. The molecule has 6 heteroatoms. The van der Waals surface area contributed by atoms with Crippen molar-refractivity contribution in [3.63, 3.8) is 0 Å². The first kappa shape index (κ1) is 14.3. The van der Waals surface area contributed by atoms with Crippen LogP contribution in [0.4, 0.5) is 0 Å². The van der Waals surface area contributed by atoms with Gasteiger partial charge in [0.1, 0.15) is 11.6 Å². The lowest BCUT2D eigenvalue weighted by Gasteiger charge is -2.33. The summed E-state index contributed by atoms with van der Waals surface area (Å²) in [5, 5.41) is 0. The maximum atomic E-state index is 12.5. The first-order chi connectivity index (χ1) is 9.54. The Morgan fingerprint density at radius 1 is 1.35 bits per heavy atom.